The number of halogens is 1. The summed E-state index contributed by atoms with van der Waals surface area (Å²) in [7, 11) is 0. The highest BCUT2D eigenvalue weighted by atomic mass is 19.1. The van der Waals surface area contributed by atoms with Gasteiger partial charge in [0.2, 0.25) is 0 Å². The number of likely N-dealkylation sites (tertiary alicyclic amines) is 1. The molecule has 0 radical (unpaired) electrons. The van der Waals surface area contributed by atoms with Gasteiger partial charge >= 0.3 is 0 Å². The van der Waals surface area contributed by atoms with Gasteiger partial charge in [0.1, 0.15) is 5.82 Å². The van der Waals surface area contributed by atoms with E-state index in [0.29, 0.717) is 5.92 Å². The fourth-order valence-electron chi connectivity index (χ4n) is 3.76. The third-order valence-electron chi connectivity index (χ3n) is 4.93. The van der Waals surface area contributed by atoms with Crippen LogP contribution in [-0.4, -0.2) is 23.9 Å². The number of rotatable bonds is 1. The predicted octanol–water partition coefficient (Wildman–Crippen LogP) is 3.79. The highest BCUT2D eigenvalue weighted by molar-refractivity contribution is 5.94. The van der Waals surface area contributed by atoms with Crippen LogP contribution in [0.3, 0.4) is 0 Å². The lowest BCUT2D eigenvalue weighted by Gasteiger charge is -2.41. The second-order valence-corrected chi connectivity index (χ2v) is 6.33. The summed E-state index contributed by atoms with van der Waals surface area (Å²) >= 11 is 0. The topological polar surface area (TPSA) is 20.3 Å². The number of piperidine rings is 1. The molecule has 1 saturated carbocycles. The van der Waals surface area contributed by atoms with Gasteiger partial charge in [0.15, 0.2) is 0 Å². The molecule has 1 heterocycles. The van der Waals surface area contributed by atoms with Crippen molar-refractivity contribution < 1.29 is 9.18 Å². The number of carbonyl (C=O) groups excluding carboxylic acids is 1. The van der Waals surface area contributed by atoms with Crippen LogP contribution >= 0.6 is 0 Å². The van der Waals surface area contributed by atoms with Gasteiger partial charge in [-0.25, -0.2) is 4.39 Å². The molecule has 2 fully saturated rings. The smallest absolute Gasteiger partial charge is 0.256 e. The highest BCUT2D eigenvalue weighted by Crippen LogP contribution is 2.36. The van der Waals surface area contributed by atoms with Gasteiger partial charge in [-0.05, 0) is 43.7 Å². The first-order valence-corrected chi connectivity index (χ1v) is 7.70. The Morgan fingerprint density at radius 1 is 1.20 bits per heavy atom. The number of benzene rings is 1. The van der Waals surface area contributed by atoms with E-state index in [0.717, 1.165) is 31.0 Å². The SMILES string of the molecule is Cc1ccc(F)c(C(=O)N2CCC3CCCCC3C2)c1. The standard InChI is InChI=1S/C17H22FNO/c1-12-6-7-16(18)15(10-12)17(20)19-9-8-13-4-2-3-5-14(13)11-19/h6-7,10,13-14H,2-5,8-9,11H2,1H3. The summed E-state index contributed by atoms with van der Waals surface area (Å²) < 4.78 is 13.9. The molecule has 20 heavy (non-hydrogen) atoms. The van der Waals surface area contributed by atoms with Crippen molar-refractivity contribution in [1.29, 1.82) is 0 Å². The largest absolute Gasteiger partial charge is 0.338 e. The predicted molar refractivity (Wildman–Crippen MR) is 77.1 cm³/mol. The minimum absolute atomic E-state index is 0.129. The molecule has 3 rings (SSSR count). The quantitative estimate of drug-likeness (QED) is 0.763. The molecule has 1 aliphatic carbocycles. The molecule has 0 spiro atoms. The fourth-order valence-corrected chi connectivity index (χ4v) is 3.76. The second-order valence-electron chi connectivity index (χ2n) is 6.33. The van der Waals surface area contributed by atoms with Crippen molar-refractivity contribution in [3.8, 4) is 0 Å². The summed E-state index contributed by atoms with van der Waals surface area (Å²) in [6.07, 6.45) is 6.24. The van der Waals surface area contributed by atoms with Gasteiger partial charge in [-0.3, -0.25) is 4.79 Å². The molecule has 1 aromatic carbocycles. The van der Waals surface area contributed by atoms with Gasteiger partial charge in [-0.2, -0.15) is 0 Å². The maximum absolute atomic E-state index is 13.9. The number of nitrogens with zero attached hydrogens (tertiary/aromatic N) is 1. The summed E-state index contributed by atoms with van der Waals surface area (Å²) in [6.45, 7) is 3.49. The molecule has 108 valence electrons. The number of aryl methyl sites for hydroxylation is 1. The van der Waals surface area contributed by atoms with E-state index in [9.17, 15) is 9.18 Å². The molecule has 1 amide bonds. The van der Waals surface area contributed by atoms with Crippen molar-refractivity contribution in [2.45, 2.75) is 39.0 Å². The van der Waals surface area contributed by atoms with Gasteiger partial charge in [0, 0.05) is 13.1 Å². The van der Waals surface area contributed by atoms with Gasteiger partial charge in [0.05, 0.1) is 5.56 Å². The van der Waals surface area contributed by atoms with Crippen molar-refractivity contribution in [2.75, 3.05) is 13.1 Å². The zero-order chi connectivity index (χ0) is 14.1. The first-order chi connectivity index (χ1) is 9.65. The van der Waals surface area contributed by atoms with E-state index in [2.05, 4.69) is 0 Å². The Labute approximate surface area is 120 Å². The molecule has 2 aliphatic rings. The van der Waals surface area contributed by atoms with Crippen LogP contribution in [0.5, 0.6) is 0 Å². The average molecular weight is 275 g/mol. The Kier molecular flexibility index (Phi) is 3.77. The zero-order valence-electron chi connectivity index (χ0n) is 12.1. The summed E-state index contributed by atoms with van der Waals surface area (Å²) in [6, 6.07) is 4.78. The third-order valence-corrected chi connectivity index (χ3v) is 4.93. The van der Waals surface area contributed by atoms with Gasteiger partial charge in [-0.15, -0.1) is 0 Å². The normalized spacial score (nSPS) is 26.2. The fraction of sp³-hybridized carbons (Fsp3) is 0.588. The molecule has 1 aliphatic heterocycles. The van der Waals surface area contributed by atoms with Crippen molar-refractivity contribution in [3.05, 3.63) is 35.1 Å². The van der Waals surface area contributed by atoms with Crippen LogP contribution in [0.4, 0.5) is 4.39 Å². The molecule has 0 bridgehead atoms. The van der Waals surface area contributed by atoms with Crippen molar-refractivity contribution in [2.24, 2.45) is 11.8 Å². The molecular formula is C17H22FNO. The maximum Gasteiger partial charge on any atom is 0.256 e. The Balaban J connectivity index is 1.76. The minimum Gasteiger partial charge on any atom is -0.338 e. The van der Waals surface area contributed by atoms with Gasteiger partial charge in [-0.1, -0.05) is 30.9 Å². The number of hydrogen-bond acceptors (Lipinski definition) is 1. The molecule has 2 unspecified atom stereocenters. The lowest BCUT2D eigenvalue weighted by Crippen LogP contribution is -2.45. The van der Waals surface area contributed by atoms with E-state index in [-0.39, 0.29) is 11.5 Å². The van der Waals surface area contributed by atoms with Crippen LogP contribution in [-0.2, 0) is 0 Å². The van der Waals surface area contributed by atoms with E-state index in [1.165, 1.54) is 31.7 Å². The zero-order valence-corrected chi connectivity index (χ0v) is 12.1. The molecule has 0 aromatic heterocycles. The van der Waals surface area contributed by atoms with E-state index in [1.807, 2.05) is 11.8 Å². The van der Waals surface area contributed by atoms with Gasteiger partial charge < -0.3 is 4.90 Å². The van der Waals surface area contributed by atoms with Crippen LogP contribution in [0.1, 0.15) is 48.0 Å². The summed E-state index contributed by atoms with van der Waals surface area (Å²) in [4.78, 5) is 14.4. The van der Waals surface area contributed by atoms with E-state index in [4.69, 9.17) is 0 Å². The third kappa shape index (κ3) is 2.58. The molecule has 2 nitrogen and oxygen atoms in total. The lowest BCUT2D eigenvalue weighted by atomic mass is 9.75. The summed E-state index contributed by atoms with van der Waals surface area (Å²) in [5, 5.41) is 0. The van der Waals surface area contributed by atoms with Gasteiger partial charge in [0.25, 0.3) is 5.91 Å². The molecule has 3 heteroatoms. The maximum atomic E-state index is 13.9. The average Bonchev–Trinajstić information content (AvgIpc) is 2.48. The summed E-state index contributed by atoms with van der Waals surface area (Å²) in [5.74, 6) is 0.895. The van der Waals surface area contributed by atoms with E-state index < -0.39 is 5.82 Å². The number of fused-ring (bicyclic) bond motifs is 1. The Morgan fingerprint density at radius 2 is 1.95 bits per heavy atom. The molecule has 1 aromatic rings. The Bertz CT molecular complexity index is 514. The van der Waals surface area contributed by atoms with E-state index >= 15 is 0 Å². The van der Waals surface area contributed by atoms with Crippen molar-refractivity contribution in [1.82, 2.24) is 4.90 Å². The number of carbonyl (C=O) groups is 1. The van der Waals surface area contributed by atoms with Crippen LogP contribution in [0.2, 0.25) is 0 Å². The summed E-state index contributed by atoms with van der Waals surface area (Å²) in [5.41, 5.74) is 1.17. The molecule has 2 atom stereocenters. The van der Waals surface area contributed by atoms with Crippen LogP contribution in [0.25, 0.3) is 0 Å². The molecule has 1 saturated heterocycles. The minimum atomic E-state index is -0.397. The van der Waals surface area contributed by atoms with Crippen molar-refractivity contribution in [3.63, 3.8) is 0 Å². The monoisotopic (exact) mass is 275 g/mol. The molecule has 0 N–H and O–H groups in total. The van der Waals surface area contributed by atoms with Crippen LogP contribution in [0.15, 0.2) is 18.2 Å². The second kappa shape index (κ2) is 5.55. The van der Waals surface area contributed by atoms with Crippen LogP contribution in [0, 0.1) is 24.6 Å². The van der Waals surface area contributed by atoms with E-state index in [1.54, 1.807) is 12.1 Å². The number of hydrogen-bond donors (Lipinski definition) is 0. The lowest BCUT2D eigenvalue weighted by molar-refractivity contribution is 0.0516. The highest BCUT2D eigenvalue weighted by Gasteiger charge is 2.33. The molecular weight excluding hydrogens is 253 g/mol. The Morgan fingerprint density at radius 3 is 2.75 bits per heavy atom. The first kappa shape index (κ1) is 13.6. The Hall–Kier alpha value is -1.38. The van der Waals surface area contributed by atoms with Crippen molar-refractivity contribution >= 4 is 5.91 Å². The van der Waals surface area contributed by atoms with Crippen LogP contribution < -0.4 is 0 Å². The number of amides is 1. The first-order valence-electron chi connectivity index (χ1n) is 7.70.